The molecule has 0 aromatic heterocycles. The Hall–Kier alpha value is -0.610. The largest absolute Gasteiger partial charge is 0.392 e. The second-order valence-electron chi connectivity index (χ2n) is 3.75. The number of aliphatic hydroxyl groups excluding tert-OH is 1. The van der Waals surface area contributed by atoms with Crippen LogP contribution in [-0.4, -0.2) is 36.2 Å². The normalized spacial score (nSPS) is 13.9. The van der Waals surface area contributed by atoms with Crippen LogP contribution in [0.3, 0.4) is 0 Å². The van der Waals surface area contributed by atoms with Crippen molar-refractivity contribution in [2.75, 3.05) is 13.6 Å². The van der Waals surface area contributed by atoms with E-state index in [2.05, 4.69) is 10.6 Å². The van der Waals surface area contributed by atoms with Crippen LogP contribution in [0, 0.1) is 0 Å². The zero-order valence-corrected chi connectivity index (χ0v) is 8.85. The number of rotatable bonds is 5. The molecule has 0 aliphatic carbocycles. The van der Waals surface area contributed by atoms with Crippen LogP contribution in [0.4, 0.5) is 0 Å². The van der Waals surface area contributed by atoms with Gasteiger partial charge in [0.15, 0.2) is 0 Å². The molecule has 1 atom stereocenters. The van der Waals surface area contributed by atoms with Crippen LogP contribution in [0.15, 0.2) is 0 Å². The molecular weight excluding hydrogens is 168 g/mol. The van der Waals surface area contributed by atoms with E-state index in [4.69, 9.17) is 0 Å². The summed E-state index contributed by atoms with van der Waals surface area (Å²) in [5.41, 5.74) is -0.339. The minimum absolute atomic E-state index is 0.00823. The molecule has 0 aliphatic heterocycles. The summed E-state index contributed by atoms with van der Waals surface area (Å²) in [6.45, 7) is 6.12. The van der Waals surface area contributed by atoms with Gasteiger partial charge in [-0.1, -0.05) is 0 Å². The first-order valence-corrected chi connectivity index (χ1v) is 4.54. The molecule has 0 aromatic carbocycles. The molecule has 78 valence electrons. The number of carbonyl (C=O) groups is 1. The van der Waals surface area contributed by atoms with E-state index in [1.54, 1.807) is 14.0 Å². The third-order valence-electron chi connectivity index (χ3n) is 2.26. The summed E-state index contributed by atoms with van der Waals surface area (Å²) in [6.07, 6.45) is 0.00399. The fourth-order valence-electron chi connectivity index (χ4n) is 0.771. The predicted octanol–water partition coefficient (Wildman–Crippen LogP) is -0.128. The first kappa shape index (κ1) is 12.4. The van der Waals surface area contributed by atoms with Crippen LogP contribution < -0.4 is 10.6 Å². The molecule has 0 spiro atoms. The summed E-state index contributed by atoms with van der Waals surface area (Å²) in [5.74, 6) is 0.00823. The second kappa shape index (κ2) is 5.19. The van der Waals surface area contributed by atoms with Gasteiger partial charge in [0.05, 0.1) is 6.10 Å². The highest BCUT2D eigenvalue weighted by atomic mass is 16.3. The van der Waals surface area contributed by atoms with Gasteiger partial charge in [-0.15, -0.1) is 0 Å². The maximum absolute atomic E-state index is 10.9. The van der Waals surface area contributed by atoms with Gasteiger partial charge in [0.1, 0.15) is 0 Å². The average Bonchev–Trinajstić information content (AvgIpc) is 2.03. The van der Waals surface area contributed by atoms with Crippen molar-refractivity contribution in [3.8, 4) is 0 Å². The lowest BCUT2D eigenvalue weighted by Crippen LogP contribution is -2.49. The molecule has 0 aromatic rings. The Kier molecular flexibility index (Phi) is 4.95. The molecule has 4 nitrogen and oxygen atoms in total. The molecule has 0 saturated heterocycles. The fourth-order valence-corrected chi connectivity index (χ4v) is 0.771. The molecule has 3 N–H and O–H groups in total. The minimum Gasteiger partial charge on any atom is -0.392 e. The summed E-state index contributed by atoms with van der Waals surface area (Å²) in [7, 11) is 1.61. The van der Waals surface area contributed by atoms with Crippen molar-refractivity contribution in [1.29, 1.82) is 0 Å². The topological polar surface area (TPSA) is 61.4 Å². The van der Waals surface area contributed by atoms with Gasteiger partial charge in [-0.25, -0.2) is 0 Å². The van der Waals surface area contributed by atoms with E-state index in [-0.39, 0.29) is 11.4 Å². The molecule has 1 amide bonds. The Morgan fingerprint density at radius 3 is 2.46 bits per heavy atom. The highest BCUT2D eigenvalue weighted by Gasteiger charge is 2.22. The van der Waals surface area contributed by atoms with Gasteiger partial charge in [-0.3, -0.25) is 4.79 Å². The lowest BCUT2D eigenvalue weighted by molar-refractivity contribution is -0.120. The van der Waals surface area contributed by atoms with Gasteiger partial charge < -0.3 is 15.7 Å². The maximum atomic E-state index is 10.9. The van der Waals surface area contributed by atoms with Crippen LogP contribution in [0.2, 0.25) is 0 Å². The first-order valence-electron chi connectivity index (χ1n) is 4.54. The average molecular weight is 188 g/mol. The lowest BCUT2D eigenvalue weighted by Gasteiger charge is -2.29. The minimum atomic E-state index is -0.433. The van der Waals surface area contributed by atoms with Crippen LogP contribution in [0.1, 0.15) is 27.2 Å². The highest BCUT2D eigenvalue weighted by Crippen LogP contribution is 2.07. The first-order chi connectivity index (χ1) is 5.90. The summed E-state index contributed by atoms with van der Waals surface area (Å²) in [4.78, 5) is 10.9. The van der Waals surface area contributed by atoms with E-state index in [9.17, 15) is 9.90 Å². The number of hydrogen-bond acceptors (Lipinski definition) is 3. The molecule has 0 radical (unpaired) electrons. The van der Waals surface area contributed by atoms with Gasteiger partial charge in [-0.2, -0.15) is 0 Å². The Labute approximate surface area is 79.7 Å². The van der Waals surface area contributed by atoms with Gasteiger partial charge >= 0.3 is 0 Å². The lowest BCUT2D eigenvalue weighted by atomic mass is 9.99. The van der Waals surface area contributed by atoms with E-state index >= 15 is 0 Å². The zero-order chi connectivity index (χ0) is 10.5. The standard InChI is InChI=1S/C9H20N2O2/c1-7(12)9(2,3)11-6-5-8(13)10-4/h7,11-12H,5-6H2,1-4H3,(H,10,13). The van der Waals surface area contributed by atoms with E-state index in [1.807, 2.05) is 13.8 Å². The van der Waals surface area contributed by atoms with Crippen molar-refractivity contribution >= 4 is 5.91 Å². The van der Waals surface area contributed by atoms with Crippen molar-refractivity contribution < 1.29 is 9.90 Å². The quantitative estimate of drug-likeness (QED) is 0.563. The molecule has 0 fully saturated rings. The summed E-state index contributed by atoms with van der Waals surface area (Å²) in [6, 6.07) is 0. The zero-order valence-electron chi connectivity index (χ0n) is 8.85. The Bertz CT molecular complexity index is 167. The summed E-state index contributed by atoms with van der Waals surface area (Å²) in [5, 5.41) is 15.0. The third-order valence-corrected chi connectivity index (χ3v) is 2.26. The number of amides is 1. The Balaban J connectivity index is 3.70. The number of hydrogen-bond donors (Lipinski definition) is 3. The van der Waals surface area contributed by atoms with Crippen molar-refractivity contribution in [3.63, 3.8) is 0 Å². The van der Waals surface area contributed by atoms with Crippen molar-refractivity contribution in [3.05, 3.63) is 0 Å². The number of aliphatic hydroxyl groups is 1. The van der Waals surface area contributed by atoms with E-state index in [0.717, 1.165) is 0 Å². The summed E-state index contributed by atoms with van der Waals surface area (Å²) >= 11 is 0. The maximum Gasteiger partial charge on any atom is 0.221 e. The molecule has 13 heavy (non-hydrogen) atoms. The van der Waals surface area contributed by atoms with Crippen LogP contribution in [0.5, 0.6) is 0 Å². The molecule has 0 saturated carbocycles. The van der Waals surface area contributed by atoms with Crippen molar-refractivity contribution in [2.24, 2.45) is 0 Å². The second-order valence-corrected chi connectivity index (χ2v) is 3.75. The Morgan fingerprint density at radius 2 is 2.08 bits per heavy atom. The monoisotopic (exact) mass is 188 g/mol. The molecule has 4 heteroatoms. The van der Waals surface area contributed by atoms with Gasteiger partial charge in [0.25, 0.3) is 0 Å². The van der Waals surface area contributed by atoms with E-state index in [0.29, 0.717) is 13.0 Å². The number of carbonyl (C=O) groups excluding carboxylic acids is 1. The molecule has 0 bridgehead atoms. The fraction of sp³-hybridized carbons (Fsp3) is 0.889. The van der Waals surface area contributed by atoms with E-state index < -0.39 is 6.10 Å². The smallest absolute Gasteiger partial charge is 0.221 e. The molecule has 0 aliphatic rings. The van der Waals surface area contributed by atoms with Crippen molar-refractivity contribution in [1.82, 2.24) is 10.6 Å². The van der Waals surface area contributed by atoms with Gasteiger partial charge in [0.2, 0.25) is 5.91 Å². The van der Waals surface area contributed by atoms with Gasteiger partial charge in [-0.05, 0) is 20.8 Å². The molecule has 0 rings (SSSR count). The van der Waals surface area contributed by atoms with Crippen LogP contribution in [0.25, 0.3) is 0 Å². The third kappa shape index (κ3) is 4.85. The Morgan fingerprint density at radius 1 is 1.54 bits per heavy atom. The summed E-state index contributed by atoms with van der Waals surface area (Å²) < 4.78 is 0. The number of nitrogens with one attached hydrogen (secondary N) is 2. The molecule has 0 heterocycles. The SMILES string of the molecule is CNC(=O)CCNC(C)(C)C(C)O. The molecule has 1 unspecified atom stereocenters. The highest BCUT2D eigenvalue weighted by molar-refractivity contribution is 5.75. The van der Waals surface area contributed by atoms with Crippen LogP contribution in [-0.2, 0) is 4.79 Å². The van der Waals surface area contributed by atoms with E-state index in [1.165, 1.54) is 0 Å². The predicted molar refractivity (Wildman–Crippen MR) is 52.4 cm³/mol. The molecular formula is C9H20N2O2. The van der Waals surface area contributed by atoms with Crippen molar-refractivity contribution in [2.45, 2.75) is 38.8 Å². The van der Waals surface area contributed by atoms with Gasteiger partial charge in [0, 0.05) is 25.6 Å². The van der Waals surface area contributed by atoms with Crippen LogP contribution >= 0.6 is 0 Å².